The molecule has 28 heavy (non-hydrogen) atoms. The van der Waals surface area contributed by atoms with E-state index in [4.69, 9.17) is 0 Å². The number of amides is 1. The summed E-state index contributed by atoms with van der Waals surface area (Å²) in [5.41, 5.74) is 2.09. The first-order valence-electron chi connectivity index (χ1n) is 9.90. The molecule has 0 spiro atoms. The summed E-state index contributed by atoms with van der Waals surface area (Å²) in [5, 5.41) is 5.90. The van der Waals surface area contributed by atoms with Crippen LogP contribution in [0.3, 0.4) is 0 Å². The number of fused-ring (bicyclic) bond motifs is 1. The molecule has 0 unspecified atom stereocenters. The van der Waals surface area contributed by atoms with Gasteiger partial charge in [0.05, 0.1) is 25.4 Å². The van der Waals surface area contributed by atoms with Crippen LogP contribution in [0.4, 0.5) is 5.13 Å². The molecule has 2 N–H and O–H groups in total. The number of thioether (sulfide) groups is 1. The predicted molar refractivity (Wildman–Crippen MR) is 114 cm³/mol. The Bertz CT molecular complexity index is 847. The number of anilines is 1. The molecule has 2 aromatic rings. The molecule has 0 saturated heterocycles. The normalized spacial score (nSPS) is 13.1. The average Bonchev–Trinajstić information content (AvgIpc) is 3.37. The van der Waals surface area contributed by atoms with E-state index in [9.17, 15) is 9.59 Å². The minimum absolute atomic E-state index is 0.125. The highest BCUT2D eigenvalue weighted by molar-refractivity contribution is 8.00. The van der Waals surface area contributed by atoms with Crippen LogP contribution in [0.2, 0.25) is 0 Å². The van der Waals surface area contributed by atoms with E-state index in [0.29, 0.717) is 5.13 Å². The second-order valence-corrected chi connectivity index (χ2v) is 8.72. The summed E-state index contributed by atoms with van der Waals surface area (Å²) < 4.78 is 1.87. The molecular weight excluding hydrogens is 394 g/mol. The Morgan fingerprint density at radius 1 is 1.36 bits per heavy atom. The largest absolute Gasteiger partial charge is 0.348 e. The van der Waals surface area contributed by atoms with Gasteiger partial charge in [-0.15, -0.1) is 11.3 Å². The number of quaternary nitrogens is 1. The Balaban J connectivity index is 1.65. The van der Waals surface area contributed by atoms with Gasteiger partial charge in [-0.2, -0.15) is 4.98 Å². The lowest BCUT2D eigenvalue weighted by Crippen LogP contribution is -3.11. The first kappa shape index (κ1) is 21.0. The Kier molecular flexibility index (Phi) is 7.64. The van der Waals surface area contributed by atoms with E-state index in [1.807, 2.05) is 9.95 Å². The zero-order chi connectivity index (χ0) is 19.9. The monoisotopic (exact) mass is 422 g/mol. The second kappa shape index (κ2) is 10.2. The zero-order valence-electron chi connectivity index (χ0n) is 16.5. The number of thiazole rings is 1. The molecule has 7 nitrogen and oxygen atoms in total. The van der Waals surface area contributed by atoms with Crippen molar-refractivity contribution in [1.29, 1.82) is 0 Å². The summed E-state index contributed by atoms with van der Waals surface area (Å²) in [6.07, 6.45) is 5.53. The van der Waals surface area contributed by atoms with Gasteiger partial charge in [-0.05, 0) is 33.1 Å². The summed E-state index contributed by atoms with van der Waals surface area (Å²) in [7, 11) is 0. The third-order valence-electron chi connectivity index (χ3n) is 5.13. The fourth-order valence-corrected chi connectivity index (χ4v) is 5.02. The highest BCUT2D eigenvalue weighted by Gasteiger charge is 2.22. The van der Waals surface area contributed by atoms with E-state index in [0.717, 1.165) is 68.1 Å². The molecule has 0 fully saturated rings. The lowest BCUT2D eigenvalue weighted by Gasteiger charge is -2.17. The van der Waals surface area contributed by atoms with E-state index in [1.165, 1.54) is 23.1 Å². The van der Waals surface area contributed by atoms with Gasteiger partial charge in [-0.1, -0.05) is 11.8 Å². The van der Waals surface area contributed by atoms with Crippen molar-refractivity contribution in [2.45, 2.75) is 51.1 Å². The third-order valence-corrected chi connectivity index (χ3v) is 6.84. The van der Waals surface area contributed by atoms with Crippen LogP contribution in [0, 0.1) is 0 Å². The number of carbonyl (C=O) groups is 1. The van der Waals surface area contributed by atoms with Crippen molar-refractivity contribution in [3.8, 4) is 0 Å². The SMILES string of the molecule is CC[NH+](CC)CCCn1c2c(c(SCC(=O)Nc3nccs3)nc1=O)CCC2. The van der Waals surface area contributed by atoms with Gasteiger partial charge in [0.2, 0.25) is 5.91 Å². The Labute approximate surface area is 173 Å². The van der Waals surface area contributed by atoms with Gasteiger partial charge in [-0.3, -0.25) is 9.36 Å². The molecule has 0 bridgehead atoms. The van der Waals surface area contributed by atoms with Crippen LogP contribution in [0.15, 0.2) is 21.4 Å². The van der Waals surface area contributed by atoms with E-state index in [1.54, 1.807) is 11.1 Å². The first-order valence-corrected chi connectivity index (χ1v) is 11.8. The number of rotatable bonds is 10. The molecule has 0 saturated carbocycles. The summed E-state index contributed by atoms with van der Waals surface area (Å²) >= 11 is 2.74. The van der Waals surface area contributed by atoms with Crippen molar-refractivity contribution in [2.24, 2.45) is 0 Å². The van der Waals surface area contributed by atoms with Crippen molar-refractivity contribution >= 4 is 34.1 Å². The number of nitrogens with zero attached hydrogens (tertiary/aromatic N) is 3. The number of hydrogen-bond acceptors (Lipinski definition) is 6. The van der Waals surface area contributed by atoms with Crippen LogP contribution in [0.1, 0.15) is 37.9 Å². The first-order chi connectivity index (χ1) is 13.6. The Hall–Kier alpha value is -1.71. The standard InChI is InChI=1S/C19H27N5O2S2/c1-3-23(4-2)10-6-11-24-15-8-5-7-14(15)17(22-19(24)26)28-13-16(25)21-18-20-9-12-27-18/h9,12H,3-8,10-11,13H2,1-2H3,(H,20,21,25)/p+1. The van der Waals surface area contributed by atoms with Crippen LogP contribution in [-0.2, 0) is 24.2 Å². The van der Waals surface area contributed by atoms with Crippen molar-refractivity contribution in [3.63, 3.8) is 0 Å². The minimum atomic E-state index is -0.182. The lowest BCUT2D eigenvalue weighted by atomic mass is 10.2. The van der Waals surface area contributed by atoms with Gasteiger partial charge in [0.25, 0.3) is 0 Å². The zero-order valence-corrected chi connectivity index (χ0v) is 18.1. The van der Waals surface area contributed by atoms with Crippen LogP contribution in [0.25, 0.3) is 0 Å². The highest BCUT2D eigenvalue weighted by Crippen LogP contribution is 2.29. The molecule has 3 rings (SSSR count). The molecule has 1 aliphatic carbocycles. The molecule has 1 aliphatic rings. The Morgan fingerprint density at radius 3 is 2.89 bits per heavy atom. The molecule has 0 atom stereocenters. The molecule has 0 radical (unpaired) electrons. The molecule has 152 valence electrons. The van der Waals surface area contributed by atoms with Crippen molar-refractivity contribution in [3.05, 3.63) is 33.3 Å². The number of nitrogens with one attached hydrogen (secondary N) is 2. The molecule has 2 heterocycles. The summed E-state index contributed by atoms with van der Waals surface area (Å²) in [6.45, 7) is 8.41. The van der Waals surface area contributed by atoms with Gasteiger partial charge in [0.1, 0.15) is 5.03 Å². The van der Waals surface area contributed by atoms with Crippen LogP contribution in [-0.4, -0.2) is 45.8 Å². The van der Waals surface area contributed by atoms with E-state index in [2.05, 4.69) is 29.1 Å². The topological polar surface area (TPSA) is 81.3 Å². The molecule has 2 aromatic heterocycles. The van der Waals surface area contributed by atoms with Gasteiger partial charge >= 0.3 is 5.69 Å². The molecule has 9 heteroatoms. The summed E-state index contributed by atoms with van der Waals surface area (Å²) in [4.78, 5) is 34.7. The predicted octanol–water partition coefficient (Wildman–Crippen LogP) is 1.23. The summed E-state index contributed by atoms with van der Waals surface area (Å²) in [5.74, 6) is 0.105. The van der Waals surface area contributed by atoms with E-state index in [-0.39, 0.29) is 17.3 Å². The van der Waals surface area contributed by atoms with Crippen LogP contribution in [0.5, 0.6) is 0 Å². The van der Waals surface area contributed by atoms with Crippen molar-refractivity contribution in [2.75, 3.05) is 30.7 Å². The second-order valence-electron chi connectivity index (χ2n) is 6.86. The Morgan fingerprint density at radius 2 is 2.18 bits per heavy atom. The van der Waals surface area contributed by atoms with Crippen LogP contribution >= 0.6 is 23.1 Å². The van der Waals surface area contributed by atoms with E-state index < -0.39 is 0 Å². The quantitative estimate of drug-likeness (QED) is 0.445. The average molecular weight is 423 g/mol. The number of hydrogen-bond donors (Lipinski definition) is 2. The smallest absolute Gasteiger partial charge is 0.335 e. The number of aromatic nitrogens is 3. The molecular formula is C19H28N5O2S2+. The van der Waals surface area contributed by atoms with Gasteiger partial charge in [-0.25, -0.2) is 9.78 Å². The lowest BCUT2D eigenvalue weighted by molar-refractivity contribution is -0.896. The van der Waals surface area contributed by atoms with Gasteiger partial charge in [0.15, 0.2) is 5.13 Å². The fourth-order valence-electron chi connectivity index (χ4n) is 3.60. The molecule has 1 amide bonds. The molecule has 0 aliphatic heterocycles. The van der Waals surface area contributed by atoms with Crippen molar-refractivity contribution in [1.82, 2.24) is 14.5 Å². The minimum Gasteiger partial charge on any atom is -0.335 e. The van der Waals surface area contributed by atoms with Crippen LogP contribution < -0.4 is 15.9 Å². The maximum atomic E-state index is 12.6. The fraction of sp³-hybridized carbons (Fsp3) is 0.579. The summed E-state index contributed by atoms with van der Waals surface area (Å²) in [6, 6.07) is 0. The highest BCUT2D eigenvalue weighted by atomic mass is 32.2. The van der Waals surface area contributed by atoms with Gasteiger partial charge < -0.3 is 10.2 Å². The maximum absolute atomic E-state index is 12.6. The third kappa shape index (κ3) is 5.21. The van der Waals surface area contributed by atoms with E-state index >= 15 is 0 Å². The number of carbonyl (C=O) groups excluding carboxylic acids is 1. The molecule has 0 aromatic carbocycles. The maximum Gasteiger partial charge on any atom is 0.348 e. The van der Waals surface area contributed by atoms with Crippen molar-refractivity contribution < 1.29 is 9.69 Å². The van der Waals surface area contributed by atoms with Gasteiger partial charge in [0, 0.05) is 35.8 Å².